The molecule has 10 nitrogen and oxygen atoms in total. The molecular formula is C22H23N5O5S. The van der Waals surface area contributed by atoms with Gasteiger partial charge in [0, 0.05) is 12.7 Å². The number of carbonyl (C=O) groups is 2. The molecule has 0 radical (unpaired) electrons. The zero-order valence-electron chi connectivity index (χ0n) is 18.4. The number of amides is 1. The summed E-state index contributed by atoms with van der Waals surface area (Å²) in [4.78, 5) is 26.4. The first-order valence-corrected chi connectivity index (χ1v) is 11.8. The van der Waals surface area contributed by atoms with Crippen LogP contribution in [0.1, 0.15) is 17.0 Å². The van der Waals surface area contributed by atoms with Gasteiger partial charge in [-0.2, -0.15) is 5.10 Å². The molecule has 33 heavy (non-hydrogen) atoms. The van der Waals surface area contributed by atoms with Crippen molar-refractivity contribution in [3.05, 3.63) is 65.1 Å². The zero-order chi connectivity index (χ0) is 23.8. The lowest BCUT2D eigenvalue weighted by Gasteiger charge is -2.26. The molecule has 0 unspecified atom stereocenters. The number of amidine groups is 1. The number of carbonyl (C=O) groups excluding carboxylic acids is 2. The Bertz CT molecular complexity index is 1320. The third kappa shape index (κ3) is 4.87. The van der Waals surface area contributed by atoms with E-state index in [1.54, 1.807) is 16.5 Å². The molecule has 1 amide bonds. The Balaban J connectivity index is 1.38. The Kier molecular flexibility index (Phi) is 5.90. The number of aryl methyl sites for hydroxylation is 2. The number of nitrogens with zero attached hydrogens (tertiary/aromatic N) is 4. The van der Waals surface area contributed by atoms with Crippen LogP contribution in [-0.2, 0) is 24.3 Å². The van der Waals surface area contributed by atoms with Crippen molar-refractivity contribution >= 4 is 33.4 Å². The Morgan fingerprint density at radius 1 is 1.12 bits per heavy atom. The maximum Gasteiger partial charge on any atom is 0.340 e. The summed E-state index contributed by atoms with van der Waals surface area (Å²) in [6.45, 7) is 5.34. The fourth-order valence-corrected chi connectivity index (χ4v) is 4.44. The van der Waals surface area contributed by atoms with E-state index in [1.165, 1.54) is 18.4 Å². The number of sulfonamides is 1. The Morgan fingerprint density at radius 3 is 2.58 bits per heavy atom. The number of ether oxygens (including phenoxy) is 1. The highest BCUT2D eigenvalue weighted by Gasteiger charge is 2.25. The van der Waals surface area contributed by atoms with Gasteiger partial charge in [0.05, 0.1) is 34.1 Å². The summed E-state index contributed by atoms with van der Waals surface area (Å²) in [6, 6.07) is 7.86. The van der Waals surface area contributed by atoms with Crippen molar-refractivity contribution < 1.29 is 22.7 Å². The van der Waals surface area contributed by atoms with Crippen molar-refractivity contribution in [1.29, 1.82) is 0 Å². The highest BCUT2D eigenvalue weighted by Crippen LogP contribution is 2.23. The third-order valence-electron chi connectivity index (χ3n) is 5.23. The van der Waals surface area contributed by atoms with Crippen molar-refractivity contribution in [2.45, 2.75) is 20.8 Å². The van der Waals surface area contributed by atoms with E-state index in [4.69, 9.17) is 4.74 Å². The average molecular weight is 470 g/mol. The van der Waals surface area contributed by atoms with Crippen LogP contribution in [0.25, 0.3) is 5.69 Å². The average Bonchev–Trinajstić information content (AvgIpc) is 3.05. The minimum Gasteiger partial charge on any atom is -0.452 e. The molecule has 0 bridgehead atoms. The SMILES string of the molecule is Cc1ccc(-n2nc(C)c(NC(=O)COC(=O)C3=CN4CCS(=O)(=O)N=C4C=C3)c2C)cc1. The number of hydrogen-bond donors (Lipinski definition) is 1. The van der Waals surface area contributed by atoms with Gasteiger partial charge >= 0.3 is 5.97 Å². The second-order valence-corrected chi connectivity index (χ2v) is 9.52. The van der Waals surface area contributed by atoms with Gasteiger partial charge in [-0.1, -0.05) is 17.7 Å². The summed E-state index contributed by atoms with van der Waals surface area (Å²) in [5.41, 5.74) is 4.15. The molecule has 0 fully saturated rings. The van der Waals surface area contributed by atoms with Crippen LogP contribution in [0.5, 0.6) is 0 Å². The Hall–Kier alpha value is -3.73. The number of fused-ring (bicyclic) bond motifs is 1. The third-order valence-corrected chi connectivity index (χ3v) is 6.39. The van der Waals surface area contributed by atoms with E-state index >= 15 is 0 Å². The molecule has 1 N–H and O–H groups in total. The molecule has 3 heterocycles. The monoisotopic (exact) mass is 469 g/mol. The van der Waals surface area contributed by atoms with Crippen LogP contribution in [0.4, 0.5) is 5.69 Å². The predicted octanol–water partition coefficient (Wildman–Crippen LogP) is 1.78. The number of esters is 1. The number of anilines is 1. The Labute approximate surface area is 191 Å². The number of rotatable bonds is 5. The molecule has 0 saturated heterocycles. The fourth-order valence-electron chi connectivity index (χ4n) is 3.47. The maximum atomic E-state index is 12.4. The number of hydrogen-bond acceptors (Lipinski definition) is 7. The summed E-state index contributed by atoms with van der Waals surface area (Å²) in [5.74, 6) is -1.09. The topological polar surface area (TPSA) is 123 Å². The standard InChI is InChI=1S/C22H23N5O5S/c1-14-4-7-18(8-5-14)27-16(3)21(15(2)24-27)23-20(28)13-32-22(29)17-6-9-19-25-33(30,31)11-10-26(19)12-17/h4-9,12H,10-11,13H2,1-3H3,(H,23,28). The summed E-state index contributed by atoms with van der Waals surface area (Å²) >= 11 is 0. The van der Waals surface area contributed by atoms with Gasteiger partial charge in [-0.15, -0.1) is 4.40 Å². The Morgan fingerprint density at radius 2 is 1.85 bits per heavy atom. The number of nitrogens with one attached hydrogen (secondary N) is 1. The molecule has 0 spiro atoms. The summed E-state index contributed by atoms with van der Waals surface area (Å²) in [5, 5.41) is 7.26. The molecule has 172 valence electrons. The van der Waals surface area contributed by atoms with E-state index < -0.39 is 28.5 Å². The van der Waals surface area contributed by atoms with Gasteiger partial charge in [0.25, 0.3) is 15.9 Å². The zero-order valence-corrected chi connectivity index (χ0v) is 19.2. The first-order valence-electron chi connectivity index (χ1n) is 10.2. The van der Waals surface area contributed by atoms with Crippen LogP contribution in [0.3, 0.4) is 0 Å². The molecule has 1 aromatic carbocycles. The largest absolute Gasteiger partial charge is 0.452 e. The number of benzene rings is 1. The van der Waals surface area contributed by atoms with E-state index in [1.807, 2.05) is 38.1 Å². The van der Waals surface area contributed by atoms with Crippen molar-refractivity contribution in [2.24, 2.45) is 4.40 Å². The van der Waals surface area contributed by atoms with Gasteiger partial charge in [0.2, 0.25) is 0 Å². The molecule has 0 atom stereocenters. The first-order chi connectivity index (χ1) is 15.6. The molecule has 11 heteroatoms. The lowest BCUT2D eigenvalue weighted by Crippen LogP contribution is -2.37. The van der Waals surface area contributed by atoms with Gasteiger partial charge in [-0.05, 0) is 45.1 Å². The molecular weight excluding hydrogens is 446 g/mol. The van der Waals surface area contributed by atoms with Crippen LogP contribution >= 0.6 is 0 Å². The lowest BCUT2D eigenvalue weighted by atomic mass is 10.2. The minimum absolute atomic E-state index is 0.138. The van der Waals surface area contributed by atoms with Gasteiger partial charge < -0.3 is 15.0 Å². The first kappa shape index (κ1) is 22.5. The molecule has 0 saturated carbocycles. The fraction of sp³-hybridized carbons (Fsp3) is 0.273. The van der Waals surface area contributed by atoms with Crippen LogP contribution in [0, 0.1) is 20.8 Å². The van der Waals surface area contributed by atoms with Crippen LogP contribution in [-0.4, -0.2) is 59.7 Å². The molecule has 1 aromatic heterocycles. The molecule has 0 aliphatic carbocycles. The van der Waals surface area contributed by atoms with Crippen molar-refractivity contribution in [2.75, 3.05) is 24.2 Å². The van der Waals surface area contributed by atoms with Crippen LogP contribution in [0.2, 0.25) is 0 Å². The van der Waals surface area contributed by atoms with E-state index in [-0.39, 0.29) is 23.7 Å². The molecule has 2 aliphatic heterocycles. The van der Waals surface area contributed by atoms with Crippen LogP contribution < -0.4 is 5.32 Å². The van der Waals surface area contributed by atoms with Crippen LogP contribution in [0.15, 0.2) is 52.6 Å². The second kappa shape index (κ2) is 8.66. The lowest BCUT2D eigenvalue weighted by molar-refractivity contribution is -0.143. The van der Waals surface area contributed by atoms with Gasteiger partial charge in [0.15, 0.2) is 6.61 Å². The normalized spacial score (nSPS) is 16.5. The predicted molar refractivity (Wildman–Crippen MR) is 123 cm³/mol. The minimum atomic E-state index is -3.48. The quantitative estimate of drug-likeness (QED) is 0.662. The summed E-state index contributed by atoms with van der Waals surface area (Å²) < 4.78 is 33.7. The van der Waals surface area contributed by atoms with Gasteiger partial charge in [-0.3, -0.25) is 4.79 Å². The highest BCUT2D eigenvalue weighted by molar-refractivity contribution is 7.90. The second-order valence-electron chi connectivity index (χ2n) is 7.76. The molecule has 4 rings (SSSR count). The molecule has 2 aliphatic rings. The van der Waals surface area contributed by atoms with E-state index in [0.29, 0.717) is 11.4 Å². The number of aromatic nitrogens is 2. The van der Waals surface area contributed by atoms with E-state index in [2.05, 4.69) is 14.8 Å². The van der Waals surface area contributed by atoms with Gasteiger partial charge in [0.1, 0.15) is 5.84 Å². The smallest absolute Gasteiger partial charge is 0.340 e. The van der Waals surface area contributed by atoms with E-state index in [0.717, 1.165) is 16.9 Å². The highest BCUT2D eigenvalue weighted by atomic mass is 32.2. The maximum absolute atomic E-state index is 12.4. The van der Waals surface area contributed by atoms with Crippen molar-refractivity contribution in [3.63, 3.8) is 0 Å². The molecule has 2 aromatic rings. The van der Waals surface area contributed by atoms with E-state index in [9.17, 15) is 18.0 Å². The summed E-state index contributed by atoms with van der Waals surface area (Å²) in [7, 11) is -3.48. The van der Waals surface area contributed by atoms with Crippen molar-refractivity contribution in [3.8, 4) is 5.69 Å². The summed E-state index contributed by atoms with van der Waals surface area (Å²) in [6.07, 6.45) is 4.31. The van der Waals surface area contributed by atoms with Gasteiger partial charge in [-0.25, -0.2) is 17.9 Å². The van der Waals surface area contributed by atoms with Crippen molar-refractivity contribution in [1.82, 2.24) is 14.7 Å².